The predicted octanol–water partition coefficient (Wildman–Crippen LogP) is 3.61. The lowest BCUT2D eigenvalue weighted by Crippen LogP contribution is -2.12. The first kappa shape index (κ1) is 20.4. The van der Waals surface area contributed by atoms with E-state index in [2.05, 4.69) is 0 Å². The second kappa shape index (κ2) is 9.66. The molecule has 0 bridgehead atoms. The topological polar surface area (TPSA) is 71.1 Å². The molecule has 0 aliphatic rings. The Kier molecular flexibility index (Phi) is 7.29. The summed E-state index contributed by atoms with van der Waals surface area (Å²) in [6.07, 6.45) is 1.40. The summed E-state index contributed by atoms with van der Waals surface area (Å²) in [5.41, 5.74) is 0.887. The maximum Gasteiger partial charge on any atom is 0.576 e. The number of hydrogen-bond acceptors (Lipinski definition) is 6. The van der Waals surface area contributed by atoms with Crippen molar-refractivity contribution in [2.45, 2.75) is 39.9 Å². The molecular weight excluding hydrogens is 347 g/mol. The monoisotopic (exact) mass is 370 g/mol. The summed E-state index contributed by atoms with van der Waals surface area (Å²) >= 11 is 0. The van der Waals surface area contributed by atoms with E-state index >= 15 is 0 Å². The van der Waals surface area contributed by atoms with Gasteiger partial charge in [0.15, 0.2) is 0 Å². The van der Waals surface area contributed by atoms with Crippen molar-refractivity contribution in [1.29, 1.82) is 0 Å². The van der Waals surface area contributed by atoms with Crippen LogP contribution in [0.5, 0.6) is 23.0 Å². The molecule has 0 atom stereocenters. The van der Waals surface area contributed by atoms with Crippen molar-refractivity contribution in [1.82, 2.24) is 0 Å². The molecule has 2 aromatic carbocycles. The number of ether oxygens (including phenoxy) is 2. The fourth-order valence-corrected chi connectivity index (χ4v) is 2.34. The molecule has 0 saturated carbocycles. The molecule has 0 radical (unpaired) electrons. The number of rotatable bonds is 10. The zero-order chi connectivity index (χ0) is 19.8. The van der Waals surface area contributed by atoms with Crippen LogP contribution in [0.2, 0.25) is 0 Å². The van der Waals surface area contributed by atoms with Crippen LogP contribution < -0.4 is 18.8 Å². The first-order valence-corrected chi connectivity index (χ1v) is 8.69. The minimum Gasteiger partial charge on any atom is -0.528 e. The van der Waals surface area contributed by atoms with Gasteiger partial charge >= 0.3 is 7.69 Å². The Morgan fingerprint density at radius 1 is 0.667 bits per heavy atom. The smallest absolute Gasteiger partial charge is 0.528 e. The Labute approximate surface area is 159 Å². The molecule has 0 fully saturated rings. The van der Waals surface area contributed by atoms with Crippen LogP contribution in [-0.2, 0) is 0 Å². The molecule has 6 nitrogen and oxygen atoms in total. The first-order chi connectivity index (χ1) is 12.9. The summed E-state index contributed by atoms with van der Waals surface area (Å²) in [6.45, 7) is 7.59. The van der Waals surface area contributed by atoms with Crippen molar-refractivity contribution in [3.8, 4) is 23.0 Å². The standard InChI is InChI=1S/C20H23BO6/c1-13(2)24-17-5-15(11-22)7-19(9-17)26-21-27-20-8-16(12-23)6-18(10-20)25-14(3)4/h5-14,21H,1-4H3. The van der Waals surface area contributed by atoms with Crippen LogP contribution in [0.1, 0.15) is 48.4 Å². The van der Waals surface area contributed by atoms with Crippen molar-refractivity contribution in [3.05, 3.63) is 47.5 Å². The number of carbonyl (C=O) groups is 2. The summed E-state index contributed by atoms with van der Waals surface area (Å²) in [5.74, 6) is 1.97. The van der Waals surface area contributed by atoms with Crippen LogP contribution >= 0.6 is 0 Å². The normalized spacial score (nSPS) is 10.4. The van der Waals surface area contributed by atoms with Gasteiger partial charge in [-0.25, -0.2) is 0 Å². The molecule has 2 aromatic rings. The van der Waals surface area contributed by atoms with Crippen LogP contribution in [-0.4, -0.2) is 32.5 Å². The zero-order valence-electron chi connectivity index (χ0n) is 15.9. The van der Waals surface area contributed by atoms with Gasteiger partial charge in [0.25, 0.3) is 0 Å². The Balaban J connectivity index is 2.07. The van der Waals surface area contributed by atoms with E-state index < -0.39 is 0 Å². The lowest BCUT2D eigenvalue weighted by atomic mass is 10.2. The van der Waals surface area contributed by atoms with Gasteiger partial charge in [-0.3, -0.25) is 9.59 Å². The van der Waals surface area contributed by atoms with Gasteiger partial charge in [-0.15, -0.1) is 0 Å². The van der Waals surface area contributed by atoms with Crippen LogP contribution in [0.25, 0.3) is 0 Å². The van der Waals surface area contributed by atoms with Gasteiger partial charge in [0, 0.05) is 23.3 Å². The molecule has 0 aromatic heterocycles. The van der Waals surface area contributed by atoms with Gasteiger partial charge in [-0.1, -0.05) is 0 Å². The first-order valence-electron chi connectivity index (χ1n) is 8.69. The SMILES string of the molecule is CC(C)Oc1cc(C=O)cc(OBOc2cc(C=O)cc(OC(C)C)c2)c1. The Morgan fingerprint density at radius 2 is 1.04 bits per heavy atom. The lowest BCUT2D eigenvalue weighted by molar-refractivity contribution is 0.111. The molecule has 2 rings (SSSR count). The highest BCUT2D eigenvalue weighted by molar-refractivity contribution is 6.20. The molecule has 0 saturated heterocycles. The van der Waals surface area contributed by atoms with E-state index in [1.807, 2.05) is 27.7 Å². The molecule has 0 amide bonds. The van der Waals surface area contributed by atoms with Crippen LogP contribution in [0.3, 0.4) is 0 Å². The molecule has 0 unspecified atom stereocenters. The molecule has 0 spiro atoms. The minimum absolute atomic E-state index is 0.0264. The fraction of sp³-hybridized carbons (Fsp3) is 0.300. The summed E-state index contributed by atoms with van der Waals surface area (Å²) < 4.78 is 22.4. The third kappa shape index (κ3) is 6.69. The molecule has 27 heavy (non-hydrogen) atoms. The fourth-order valence-electron chi connectivity index (χ4n) is 2.34. The third-order valence-electron chi connectivity index (χ3n) is 3.27. The molecule has 0 heterocycles. The number of hydrogen-bond donors (Lipinski definition) is 0. The number of carbonyl (C=O) groups excluding carboxylic acids is 2. The van der Waals surface area contributed by atoms with E-state index in [0.717, 1.165) is 12.6 Å². The summed E-state index contributed by atoms with van der Waals surface area (Å²) in [4.78, 5) is 22.2. The van der Waals surface area contributed by atoms with Crippen LogP contribution in [0.4, 0.5) is 0 Å². The van der Waals surface area contributed by atoms with Crippen molar-refractivity contribution >= 4 is 20.3 Å². The van der Waals surface area contributed by atoms with E-state index in [9.17, 15) is 9.59 Å². The Morgan fingerprint density at radius 3 is 1.37 bits per heavy atom. The van der Waals surface area contributed by atoms with Crippen molar-refractivity contribution < 1.29 is 28.4 Å². The van der Waals surface area contributed by atoms with E-state index in [-0.39, 0.29) is 19.9 Å². The highest BCUT2D eigenvalue weighted by atomic mass is 16.6. The quantitative estimate of drug-likeness (QED) is 0.470. The Hall–Kier alpha value is -2.96. The molecule has 7 heteroatoms. The molecule has 142 valence electrons. The van der Waals surface area contributed by atoms with Gasteiger partial charge in [0.1, 0.15) is 35.6 Å². The summed E-state index contributed by atoms with van der Waals surface area (Å²) in [5, 5.41) is 0. The van der Waals surface area contributed by atoms with E-state index in [1.54, 1.807) is 36.4 Å². The number of benzene rings is 2. The Bertz CT molecular complexity index is 723. The highest BCUT2D eigenvalue weighted by Crippen LogP contribution is 2.25. The van der Waals surface area contributed by atoms with E-state index in [4.69, 9.17) is 18.8 Å². The average molecular weight is 370 g/mol. The summed E-state index contributed by atoms with van der Waals surface area (Å²) in [7, 11) is -0.104. The van der Waals surface area contributed by atoms with Crippen molar-refractivity contribution in [2.24, 2.45) is 0 Å². The van der Waals surface area contributed by atoms with E-state index in [0.29, 0.717) is 34.1 Å². The second-order valence-corrected chi connectivity index (χ2v) is 6.45. The van der Waals surface area contributed by atoms with Crippen LogP contribution in [0, 0.1) is 0 Å². The molecule has 0 aliphatic heterocycles. The second-order valence-electron chi connectivity index (χ2n) is 6.45. The largest absolute Gasteiger partial charge is 0.576 e. The number of aldehydes is 2. The van der Waals surface area contributed by atoms with Gasteiger partial charge in [0.2, 0.25) is 0 Å². The maximum atomic E-state index is 11.1. The van der Waals surface area contributed by atoms with Gasteiger partial charge in [-0.05, 0) is 52.0 Å². The van der Waals surface area contributed by atoms with Crippen LogP contribution in [0.15, 0.2) is 36.4 Å². The van der Waals surface area contributed by atoms with Gasteiger partial charge in [0.05, 0.1) is 12.2 Å². The zero-order valence-corrected chi connectivity index (χ0v) is 15.9. The highest BCUT2D eigenvalue weighted by Gasteiger charge is 2.08. The van der Waals surface area contributed by atoms with Crippen molar-refractivity contribution in [3.63, 3.8) is 0 Å². The molecule has 0 N–H and O–H groups in total. The summed E-state index contributed by atoms with van der Waals surface area (Å²) in [6, 6.07) is 9.85. The lowest BCUT2D eigenvalue weighted by Gasteiger charge is -2.14. The molecule has 0 aliphatic carbocycles. The van der Waals surface area contributed by atoms with Gasteiger partial charge in [-0.2, -0.15) is 0 Å². The van der Waals surface area contributed by atoms with E-state index in [1.165, 1.54) is 0 Å². The average Bonchev–Trinajstić information content (AvgIpc) is 2.60. The van der Waals surface area contributed by atoms with Crippen molar-refractivity contribution in [2.75, 3.05) is 0 Å². The third-order valence-corrected chi connectivity index (χ3v) is 3.27. The molecular formula is C20H23BO6. The minimum atomic E-state index is -0.104. The predicted molar refractivity (Wildman–Crippen MR) is 104 cm³/mol. The maximum absolute atomic E-state index is 11.1. The van der Waals surface area contributed by atoms with Gasteiger partial charge < -0.3 is 18.8 Å².